The lowest BCUT2D eigenvalue weighted by Gasteiger charge is -2.26. The van der Waals surface area contributed by atoms with Gasteiger partial charge in [0.25, 0.3) is 0 Å². The van der Waals surface area contributed by atoms with Crippen LogP contribution in [0.1, 0.15) is 12.8 Å². The van der Waals surface area contributed by atoms with Gasteiger partial charge in [0.2, 0.25) is 0 Å². The van der Waals surface area contributed by atoms with Crippen LogP contribution in [0.15, 0.2) is 0 Å². The molecule has 0 aliphatic rings. The zero-order valence-electron chi connectivity index (χ0n) is 8.26. The second-order valence-electron chi connectivity index (χ2n) is 3.45. The first-order valence-electron chi connectivity index (χ1n) is 4.44. The van der Waals surface area contributed by atoms with Crippen LogP contribution in [-0.2, 0) is 10.3 Å². The van der Waals surface area contributed by atoms with Crippen molar-refractivity contribution >= 4 is 10.3 Å². The van der Waals surface area contributed by atoms with Crippen molar-refractivity contribution in [2.24, 2.45) is 5.41 Å². The molecule has 0 fully saturated rings. The van der Waals surface area contributed by atoms with Gasteiger partial charge in [0.1, 0.15) is 0 Å². The summed E-state index contributed by atoms with van der Waals surface area (Å²) in [7, 11) is -4.20. The van der Waals surface area contributed by atoms with E-state index in [2.05, 4.69) is 0 Å². The Kier molecular flexibility index (Phi) is 6.25. The van der Waals surface area contributed by atoms with Gasteiger partial charge in [0.15, 0.2) is 0 Å². The molecule has 0 radical (unpaired) electrons. The fourth-order valence-electron chi connectivity index (χ4n) is 1.05. The standard InChI is InChI=1S/C7H17NO6S/c9-4-7(5-10,6-11)2-1-3-8-15(12,13)14/h8-11H,1-6H2,(H,12,13,14). The number of rotatable bonds is 8. The summed E-state index contributed by atoms with van der Waals surface area (Å²) in [5.41, 5.74) is -0.999. The number of nitrogens with one attached hydrogen (secondary N) is 1. The van der Waals surface area contributed by atoms with Crippen molar-refractivity contribution in [3.05, 3.63) is 0 Å². The Morgan fingerprint density at radius 2 is 1.53 bits per heavy atom. The zero-order valence-corrected chi connectivity index (χ0v) is 9.07. The minimum absolute atomic E-state index is 0.0133. The van der Waals surface area contributed by atoms with Gasteiger partial charge in [0.05, 0.1) is 19.8 Å². The van der Waals surface area contributed by atoms with Crippen LogP contribution in [0.5, 0.6) is 0 Å². The van der Waals surface area contributed by atoms with E-state index in [0.29, 0.717) is 6.42 Å². The van der Waals surface area contributed by atoms with Crippen molar-refractivity contribution < 1.29 is 28.3 Å². The lowest BCUT2D eigenvalue weighted by molar-refractivity contribution is -0.00155. The highest BCUT2D eigenvalue weighted by Gasteiger charge is 2.27. The molecule has 0 aliphatic carbocycles. The van der Waals surface area contributed by atoms with Gasteiger partial charge >= 0.3 is 10.3 Å². The first-order chi connectivity index (χ1) is 6.89. The van der Waals surface area contributed by atoms with Gasteiger partial charge in [-0.25, -0.2) is 0 Å². The van der Waals surface area contributed by atoms with E-state index in [1.165, 1.54) is 0 Å². The molecule has 0 amide bonds. The van der Waals surface area contributed by atoms with Crippen LogP contribution in [0.2, 0.25) is 0 Å². The number of hydrogen-bond acceptors (Lipinski definition) is 5. The van der Waals surface area contributed by atoms with E-state index in [1.54, 1.807) is 0 Å². The molecule has 0 bridgehead atoms. The quantitative estimate of drug-likeness (QED) is 0.251. The van der Waals surface area contributed by atoms with E-state index in [9.17, 15) is 8.42 Å². The van der Waals surface area contributed by atoms with Crippen LogP contribution in [0.4, 0.5) is 0 Å². The maximum Gasteiger partial charge on any atom is 0.333 e. The van der Waals surface area contributed by atoms with Crippen LogP contribution in [0.25, 0.3) is 0 Å². The first-order valence-corrected chi connectivity index (χ1v) is 5.88. The molecule has 0 aromatic rings. The summed E-state index contributed by atoms with van der Waals surface area (Å²) >= 11 is 0. The molecule has 0 aromatic carbocycles. The van der Waals surface area contributed by atoms with Crippen molar-refractivity contribution in [3.8, 4) is 0 Å². The molecule has 7 nitrogen and oxygen atoms in total. The maximum atomic E-state index is 10.3. The van der Waals surface area contributed by atoms with E-state index in [1.807, 2.05) is 4.72 Å². The van der Waals surface area contributed by atoms with Gasteiger partial charge in [-0.15, -0.1) is 0 Å². The van der Waals surface area contributed by atoms with Gasteiger partial charge in [0, 0.05) is 12.0 Å². The van der Waals surface area contributed by atoms with Gasteiger partial charge < -0.3 is 15.3 Å². The molecule has 0 aliphatic heterocycles. The van der Waals surface area contributed by atoms with Gasteiger partial charge in [-0.3, -0.25) is 4.55 Å². The minimum atomic E-state index is -4.20. The SMILES string of the molecule is O=S(=O)(O)NCCCC(CO)(CO)CO. The van der Waals surface area contributed by atoms with E-state index in [-0.39, 0.29) is 32.8 Å². The minimum Gasteiger partial charge on any atom is -0.396 e. The Morgan fingerprint density at radius 1 is 1.07 bits per heavy atom. The average molecular weight is 243 g/mol. The predicted molar refractivity (Wildman–Crippen MR) is 52.5 cm³/mol. The van der Waals surface area contributed by atoms with Gasteiger partial charge in [-0.1, -0.05) is 0 Å². The summed E-state index contributed by atoms with van der Waals surface area (Å²) in [5.74, 6) is 0. The normalized spacial score (nSPS) is 13.1. The highest BCUT2D eigenvalue weighted by atomic mass is 32.2. The van der Waals surface area contributed by atoms with Crippen LogP contribution in [-0.4, -0.2) is 54.7 Å². The molecule has 0 rings (SSSR count). The summed E-state index contributed by atoms with van der Waals surface area (Å²) in [6.45, 7) is -1.16. The molecular formula is C7H17NO6S. The summed E-state index contributed by atoms with van der Waals surface area (Å²) in [6.07, 6.45) is 0.542. The monoisotopic (exact) mass is 243 g/mol. The Balaban J connectivity index is 3.92. The second-order valence-corrected chi connectivity index (χ2v) is 4.69. The lowest BCUT2D eigenvalue weighted by atomic mass is 9.86. The zero-order chi connectivity index (χ0) is 11.9. The second kappa shape index (κ2) is 6.36. The van der Waals surface area contributed by atoms with Crippen molar-refractivity contribution in [3.63, 3.8) is 0 Å². The third kappa shape index (κ3) is 6.03. The first kappa shape index (κ1) is 14.8. The average Bonchev–Trinajstić information content (AvgIpc) is 2.18. The molecule has 92 valence electrons. The predicted octanol–water partition coefficient (Wildman–Crippen LogP) is -1.88. The van der Waals surface area contributed by atoms with Crippen molar-refractivity contribution in [2.45, 2.75) is 12.8 Å². The van der Waals surface area contributed by atoms with E-state index in [4.69, 9.17) is 19.9 Å². The summed E-state index contributed by atoms with van der Waals surface area (Å²) < 4.78 is 30.7. The molecule has 8 heteroatoms. The van der Waals surface area contributed by atoms with Crippen LogP contribution < -0.4 is 4.72 Å². The van der Waals surface area contributed by atoms with Crippen molar-refractivity contribution in [2.75, 3.05) is 26.4 Å². The number of hydrogen-bond donors (Lipinski definition) is 5. The highest BCUT2D eigenvalue weighted by molar-refractivity contribution is 7.83. The molecule has 0 spiro atoms. The fraction of sp³-hybridized carbons (Fsp3) is 1.00. The smallest absolute Gasteiger partial charge is 0.333 e. The third-order valence-corrected chi connectivity index (χ3v) is 2.74. The molecule has 0 heterocycles. The van der Waals surface area contributed by atoms with E-state index < -0.39 is 15.7 Å². The fourth-order valence-corrected chi connectivity index (χ4v) is 1.45. The molecule has 0 unspecified atom stereocenters. The molecule has 0 saturated carbocycles. The highest BCUT2D eigenvalue weighted by Crippen LogP contribution is 2.21. The summed E-state index contributed by atoms with van der Waals surface area (Å²) in [6, 6.07) is 0. The lowest BCUT2D eigenvalue weighted by Crippen LogP contribution is -2.35. The third-order valence-electron chi connectivity index (χ3n) is 2.17. The van der Waals surface area contributed by atoms with Crippen LogP contribution >= 0.6 is 0 Å². The van der Waals surface area contributed by atoms with Gasteiger partial charge in [-0.2, -0.15) is 13.1 Å². The van der Waals surface area contributed by atoms with Crippen molar-refractivity contribution in [1.82, 2.24) is 4.72 Å². The summed E-state index contributed by atoms with van der Waals surface area (Å²) in [4.78, 5) is 0. The maximum absolute atomic E-state index is 10.3. The summed E-state index contributed by atoms with van der Waals surface area (Å²) in [5, 5.41) is 26.8. The topological polar surface area (TPSA) is 127 Å². The Labute approximate surface area is 88.6 Å². The Bertz CT molecular complexity index is 252. The van der Waals surface area contributed by atoms with Crippen LogP contribution in [0.3, 0.4) is 0 Å². The molecule has 15 heavy (non-hydrogen) atoms. The number of aliphatic hydroxyl groups is 3. The number of aliphatic hydroxyl groups excluding tert-OH is 3. The van der Waals surface area contributed by atoms with E-state index in [0.717, 1.165) is 0 Å². The molecule has 0 aromatic heterocycles. The molecule has 0 saturated heterocycles. The largest absolute Gasteiger partial charge is 0.396 e. The van der Waals surface area contributed by atoms with Crippen molar-refractivity contribution in [1.29, 1.82) is 0 Å². The van der Waals surface area contributed by atoms with Crippen LogP contribution in [0, 0.1) is 5.41 Å². The molecule has 5 N–H and O–H groups in total. The van der Waals surface area contributed by atoms with Gasteiger partial charge in [-0.05, 0) is 12.8 Å². The Morgan fingerprint density at radius 3 is 1.87 bits per heavy atom. The Hall–Kier alpha value is -0.250. The molecular weight excluding hydrogens is 226 g/mol. The molecule has 0 atom stereocenters. The van der Waals surface area contributed by atoms with E-state index >= 15 is 0 Å².